The molecule has 1 aromatic carbocycles. The molecule has 0 bridgehead atoms. The Hall–Kier alpha value is -2.65. The normalized spacial score (nSPS) is 17.0. The van der Waals surface area contributed by atoms with Gasteiger partial charge in [0.05, 0.1) is 5.69 Å². The third kappa shape index (κ3) is 6.18. The molecule has 0 radical (unpaired) electrons. The second-order valence-electron chi connectivity index (χ2n) is 8.05. The molecule has 1 atom stereocenters. The number of halogens is 1. The molecule has 7 nitrogen and oxygen atoms in total. The predicted octanol–water partition coefficient (Wildman–Crippen LogP) is 4.53. The van der Waals surface area contributed by atoms with Gasteiger partial charge in [0.15, 0.2) is 5.13 Å². The number of nitrogens with zero attached hydrogens (tertiary/aromatic N) is 4. The maximum Gasteiger partial charge on any atom is 0.226 e. The molecule has 1 saturated heterocycles. The molecule has 3 heterocycles. The first-order valence-corrected chi connectivity index (χ1v) is 11.5. The molecular weight excluding hydrogens is 417 g/mol. The monoisotopic (exact) mass is 443 g/mol. The summed E-state index contributed by atoms with van der Waals surface area (Å²) in [6, 6.07) is 5.91. The lowest BCUT2D eigenvalue weighted by atomic mass is 10.0. The highest BCUT2D eigenvalue weighted by Crippen LogP contribution is 2.21. The second-order valence-corrected chi connectivity index (χ2v) is 8.90. The number of hydrogen-bond donors (Lipinski definition) is 1. The first-order chi connectivity index (χ1) is 15.0. The van der Waals surface area contributed by atoms with Crippen molar-refractivity contribution in [3.63, 3.8) is 0 Å². The van der Waals surface area contributed by atoms with Gasteiger partial charge in [-0.05, 0) is 56.0 Å². The van der Waals surface area contributed by atoms with Gasteiger partial charge in [-0.1, -0.05) is 12.1 Å². The Morgan fingerprint density at radius 2 is 2.16 bits per heavy atom. The molecule has 0 saturated carbocycles. The third-order valence-electron chi connectivity index (χ3n) is 5.29. The van der Waals surface area contributed by atoms with Crippen LogP contribution in [0.4, 0.5) is 9.52 Å². The van der Waals surface area contributed by atoms with Crippen molar-refractivity contribution in [1.29, 1.82) is 0 Å². The summed E-state index contributed by atoms with van der Waals surface area (Å²) in [6.45, 7) is 5.35. The summed E-state index contributed by atoms with van der Waals surface area (Å²) in [5, 5.41) is 9.45. The summed E-state index contributed by atoms with van der Waals surface area (Å²) < 4.78 is 18.2. The Morgan fingerprint density at radius 3 is 2.97 bits per heavy atom. The lowest BCUT2D eigenvalue weighted by molar-refractivity contribution is -0.116. The molecule has 1 fully saturated rings. The first kappa shape index (κ1) is 21.6. The van der Waals surface area contributed by atoms with Crippen LogP contribution in [0, 0.1) is 11.7 Å². The average Bonchev–Trinajstić information content (AvgIpc) is 3.38. The number of likely N-dealkylation sites (tertiary alicyclic amines) is 1. The molecule has 0 spiro atoms. The van der Waals surface area contributed by atoms with Crippen molar-refractivity contribution in [2.24, 2.45) is 5.92 Å². The Kier molecular flexibility index (Phi) is 7.03. The predicted molar refractivity (Wildman–Crippen MR) is 117 cm³/mol. The van der Waals surface area contributed by atoms with Gasteiger partial charge in [0.2, 0.25) is 17.6 Å². The highest BCUT2D eigenvalue weighted by molar-refractivity contribution is 7.13. The number of hydrogen-bond acceptors (Lipinski definition) is 7. The zero-order valence-corrected chi connectivity index (χ0v) is 18.3. The van der Waals surface area contributed by atoms with Crippen LogP contribution in [-0.2, 0) is 17.8 Å². The van der Waals surface area contributed by atoms with E-state index in [9.17, 15) is 9.18 Å². The van der Waals surface area contributed by atoms with Crippen LogP contribution in [0.5, 0.6) is 0 Å². The van der Waals surface area contributed by atoms with Crippen molar-refractivity contribution in [3.8, 4) is 11.4 Å². The number of carbonyl (C=O) groups is 1. The zero-order valence-electron chi connectivity index (χ0n) is 17.5. The van der Waals surface area contributed by atoms with Gasteiger partial charge in [0.1, 0.15) is 5.82 Å². The van der Waals surface area contributed by atoms with Crippen LogP contribution >= 0.6 is 11.3 Å². The van der Waals surface area contributed by atoms with E-state index in [-0.39, 0.29) is 11.7 Å². The van der Waals surface area contributed by atoms with E-state index in [1.807, 2.05) is 5.38 Å². The van der Waals surface area contributed by atoms with E-state index in [1.165, 1.54) is 36.3 Å². The van der Waals surface area contributed by atoms with Gasteiger partial charge in [0, 0.05) is 36.9 Å². The van der Waals surface area contributed by atoms with Crippen molar-refractivity contribution < 1.29 is 13.7 Å². The van der Waals surface area contributed by atoms with Gasteiger partial charge in [0.25, 0.3) is 0 Å². The minimum absolute atomic E-state index is 0.0780. The van der Waals surface area contributed by atoms with Crippen molar-refractivity contribution in [3.05, 3.63) is 47.0 Å². The molecule has 1 aliphatic heterocycles. The summed E-state index contributed by atoms with van der Waals surface area (Å²) >= 11 is 1.46. The van der Waals surface area contributed by atoms with E-state index in [0.29, 0.717) is 41.7 Å². The topological polar surface area (TPSA) is 84.2 Å². The molecule has 1 unspecified atom stereocenters. The van der Waals surface area contributed by atoms with Crippen molar-refractivity contribution >= 4 is 22.4 Å². The molecule has 1 aliphatic rings. The molecule has 0 aliphatic carbocycles. The summed E-state index contributed by atoms with van der Waals surface area (Å²) in [7, 11) is 0. The average molecular weight is 444 g/mol. The summed E-state index contributed by atoms with van der Waals surface area (Å²) in [5.74, 6) is 1.21. The van der Waals surface area contributed by atoms with E-state index in [0.717, 1.165) is 31.2 Å². The Labute approximate surface area is 184 Å². The van der Waals surface area contributed by atoms with Crippen LogP contribution in [-0.4, -0.2) is 39.0 Å². The summed E-state index contributed by atoms with van der Waals surface area (Å²) in [4.78, 5) is 23.5. The van der Waals surface area contributed by atoms with E-state index >= 15 is 0 Å². The highest BCUT2D eigenvalue weighted by Gasteiger charge is 2.17. The smallest absolute Gasteiger partial charge is 0.226 e. The molecule has 31 heavy (non-hydrogen) atoms. The van der Waals surface area contributed by atoms with Crippen molar-refractivity contribution in [2.75, 3.05) is 18.4 Å². The van der Waals surface area contributed by atoms with Crippen LogP contribution in [0.25, 0.3) is 11.4 Å². The van der Waals surface area contributed by atoms with Crippen LogP contribution in [0.15, 0.2) is 34.2 Å². The highest BCUT2D eigenvalue weighted by atomic mass is 32.1. The largest absolute Gasteiger partial charge is 0.339 e. The Balaban J connectivity index is 1.20. The van der Waals surface area contributed by atoms with Gasteiger partial charge >= 0.3 is 0 Å². The van der Waals surface area contributed by atoms with Crippen molar-refractivity contribution in [1.82, 2.24) is 20.0 Å². The number of rotatable bonds is 8. The number of piperidine rings is 1. The third-order valence-corrected chi connectivity index (χ3v) is 6.10. The van der Waals surface area contributed by atoms with E-state index in [1.54, 1.807) is 12.1 Å². The molecule has 9 heteroatoms. The summed E-state index contributed by atoms with van der Waals surface area (Å²) in [6.07, 6.45) is 3.96. The standard InChI is InChI=1S/C22H26FN5O2S/c1-15-4-3-11-28(12-15)13-18-14-31-22(24-18)25-19(29)5-2-6-20-26-21(27-30-20)16-7-9-17(23)10-8-16/h7-10,14-15H,2-6,11-13H2,1H3,(H,24,25,29). The molecule has 2 aromatic heterocycles. The fraction of sp³-hybridized carbons (Fsp3) is 0.455. The quantitative estimate of drug-likeness (QED) is 0.551. The van der Waals surface area contributed by atoms with E-state index in [4.69, 9.17) is 4.52 Å². The maximum atomic E-state index is 13.0. The maximum absolute atomic E-state index is 13.0. The minimum atomic E-state index is -0.313. The fourth-order valence-electron chi connectivity index (χ4n) is 3.75. The number of anilines is 1. The number of benzene rings is 1. The number of aryl methyl sites for hydroxylation is 1. The number of aromatic nitrogens is 3. The van der Waals surface area contributed by atoms with Crippen LogP contribution in [0.3, 0.4) is 0 Å². The van der Waals surface area contributed by atoms with Crippen molar-refractivity contribution in [2.45, 2.75) is 45.6 Å². The van der Waals surface area contributed by atoms with E-state index < -0.39 is 0 Å². The molecule has 3 aromatic rings. The minimum Gasteiger partial charge on any atom is -0.339 e. The van der Waals surface area contributed by atoms with Crippen LogP contribution in [0.2, 0.25) is 0 Å². The molecule has 1 N–H and O–H groups in total. The van der Waals surface area contributed by atoms with Gasteiger partial charge in [-0.3, -0.25) is 9.69 Å². The van der Waals surface area contributed by atoms with E-state index in [2.05, 4.69) is 32.3 Å². The van der Waals surface area contributed by atoms with Crippen LogP contribution < -0.4 is 5.32 Å². The lowest BCUT2D eigenvalue weighted by Crippen LogP contribution is -2.33. The number of thiazole rings is 1. The van der Waals surface area contributed by atoms with Gasteiger partial charge in [-0.25, -0.2) is 9.37 Å². The van der Waals surface area contributed by atoms with Crippen LogP contribution in [0.1, 0.15) is 44.2 Å². The molecular formula is C22H26FN5O2S. The van der Waals surface area contributed by atoms with Gasteiger partial charge in [-0.15, -0.1) is 11.3 Å². The SMILES string of the molecule is CC1CCCN(Cc2csc(NC(=O)CCCc3nc(-c4ccc(F)cc4)no3)n2)C1. The molecule has 164 valence electrons. The number of carbonyl (C=O) groups excluding carboxylic acids is 1. The molecule has 1 amide bonds. The number of amides is 1. The number of nitrogens with one attached hydrogen (secondary N) is 1. The van der Waals surface area contributed by atoms with Gasteiger partial charge < -0.3 is 9.84 Å². The Bertz CT molecular complexity index is 1000. The summed E-state index contributed by atoms with van der Waals surface area (Å²) in [5.41, 5.74) is 1.70. The first-order valence-electron chi connectivity index (χ1n) is 10.6. The lowest BCUT2D eigenvalue weighted by Gasteiger charge is -2.30. The Morgan fingerprint density at radius 1 is 1.32 bits per heavy atom. The molecule has 4 rings (SSSR count). The fourth-order valence-corrected chi connectivity index (χ4v) is 4.47. The zero-order chi connectivity index (χ0) is 21.6. The van der Waals surface area contributed by atoms with Gasteiger partial charge in [-0.2, -0.15) is 4.98 Å². The second kappa shape index (κ2) is 10.1.